The van der Waals surface area contributed by atoms with E-state index in [1.165, 1.54) is 44.2 Å². The summed E-state index contributed by atoms with van der Waals surface area (Å²) in [7, 11) is 0. The maximum atomic E-state index is 4.72. The molecule has 28 heavy (non-hydrogen) atoms. The van der Waals surface area contributed by atoms with Gasteiger partial charge in [-0.05, 0) is 37.8 Å². The normalized spacial score (nSPS) is 11.7. The first kappa shape index (κ1) is 18.3. The Morgan fingerprint density at radius 1 is 0.929 bits per heavy atom. The molecule has 0 atom stereocenters. The molecule has 0 bridgehead atoms. The molecular formula is C25H27N3. The average Bonchev–Trinajstić information content (AvgIpc) is 3.00. The highest BCUT2D eigenvalue weighted by Gasteiger charge is 2.12. The molecule has 0 saturated carbocycles. The minimum Gasteiger partial charge on any atom is -0.383 e. The highest BCUT2D eigenvalue weighted by atomic mass is 15.0. The summed E-state index contributed by atoms with van der Waals surface area (Å²) in [5.74, 6) is 0. The van der Waals surface area contributed by atoms with Gasteiger partial charge in [0.05, 0.1) is 12.1 Å². The Morgan fingerprint density at radius 3 is 2.54 bits per heavy atom. The number of hydrogen-bond acceptors (Lipinski definition) is 2. The van der Waals surface area contributed by atoms with E-state index in [4.69, 9.17) is 4.99 Å². The Morgan fingerprint density at radius 2 is 1.68 bits per heavy atom. The SMILES string of the molecule is CCn1c(C)c(C=NCCNc2cccc3ccccc23)c2cccc(C)c21. The second kappa shape index (κ2) is 7.89. The van der Waals surface area contributed by atoms with E-state index in [0.29, 0.717) is 0 Å². The lowest BCUT2D eigenvalue weighted by atomic mass is 10.1. The van der Waals surface area contributed by atoms with Gasteiger partial charge in [0.15, 0.2) is 0 Å². The number of benzene rings is 3. The number of para-hydroxylation sites is 1. The van der Waals surface area contributed by atoms with Crippen molar-refractivity contribution in [3.63, 3.8) is 0 Å². The average molecular weight is 370 g/mol. The topological polar surface area (TPSA) is 29.3 Å². The van der Waals surface area contributed by atoms with Gasteiger partial charge in [-0.1, -0.05) is 54.6 Å². The molecule has 1 N–H and O–H groups in total. The third-order valence-corrected chi connectivity index (χ3v) is 5.48. The predicted octanol–water partition coefficient (Wildman–Crippen LogP) is 5.96. The molecule has 0 spiro atoms. The summed E-state index contributed by atoms with van der Waals surface area (Å²) in [5.41, 5.74) is 6.35. The number of aliphatic imine (C=N–C) groups is 1. The lowest BCUT2D eigenvalue weighted by Gasteiger charge is -2.08. The molecule has 1 heterocycles. The van der Waals surface area contributed by atoms with Crippen LogP contribution in [0.3, 0.4) is 0 Å². The molecule has 4 rings (SSSR count). The van der Waals surface area contributed by atoms with Gasteiger partial charge < -0.3 is 9.88 Å². The maximum Gasteiger partial charge on any atom is 0.0562 e. The first-order valence-electron chi connectivity index (χ1n) is 10.0. The van der Waals surface area contributed by atoms with E-state index in [1.54, 1.807) is 0 Å². The van der Waals surface area contributed by atoms with Gasteiger partial charge in [-0.15, -0.1) is 0 Å². The van der Waals surface area contributed by atoms with Crippen LogP contribution in [0.4, 0.5) is 5.69 Å². The minimum absolute atomic E-state index is 0.743. The molecule has 0 aliphatic rings. The number of anilines is 1. The number of aromatic nitrogens is 1. The summed E-state index contributed by atoms with van der Waals surface area (Å²) in [6.07, 6.45) is 2.05. The van der Waals surface area contributed by atoms with Crippen molar-refractivity contribution in [1.82, 2.24) is 4.57 Å². The zero-order valence-electron chi connectivity index (χ0n) is 16.9. The van der Waals surface area contributed by atoms with Crippen molar-refractivity contribution in [1.29, 1.82) is 0 Å². The zero-order valence-corrected chi connectivity index (χ0v) is 16.9. The van der Waals surface area contributed by atoms with E-state index in [2.05, 4.69) is 91.3 Å². The fraction of sp³-hybridized carbons (Fsp3) is 0.240. The van der Waals surface area contributed by atoms with Crippen LogP contribution in [0.1, 0.15) is 23.7 Å². The summed E-state index contributed by atoms with van der Waals surface area (Å²) < 4.78 is 2.39. The van der Waals surface area contributed by atoms with Crippen LogP contribution in [0.15, 0.2) is 65.7 Å². The molecule has 0 saturated heterocycles. The van der Waals surface area contributed by atoms with E-state index in [-0.39, 0.29) is 0 Å². The Kier molecular flexibility index (Phi) is 5.16. The molecule has 4 aromatic rings. The highest BCUT2D eigenvalue weighted by molar-refractivity contribution is 6.02. The molecule has 0 radical (unpaired) electrons. The second-order valence-corrected chi connectivity index (χ2v) is 7.20. The van der Waals surface area contributed by atoms with Gasteiger partial charge in [0.25, 0.3) is 0 Å². The summed E-state index contributed by atoms with van der Waals surface area (Å²) in [6.45, 7) is 9.11. The molecule has 0 fully saturated rings. The van der Waals surface area contributed by atoms with Gasteiger partial charge in [0.1, 0.15) is 0 Å². The Bertz CT molecular complexity index is 1150. The van der Waals surface area contributed by atoms with E-state index in [9.17, 15) is 0 Å². The van der Waals surface area contributed by atoms with Crippen LogP contribution in [0, 0.1) is 13.8 Å². The van der Waals surface area contributed by atoms with Crippen molar-refractivity contribution in [2.45, 2.75) is 27.3 Å². The van der Waals surface area contributed by atoms with E-state index in [0.717, 1.165) is 19.6 Å². The van der Waals surface area contributed by atoms with Crippen LogP contribution in [0.5, 0.6) is 0 Å². The van der Waals surface area contributed by atoms with E-state index in [1.807, 2.05) is 6.21 Å². The second-order valence-electron chi connectivity index (χ2n) is 7.20. The van der Waals surface area contributed by atoms with Crippen molar-refractivity contribution < 1.29 is 0 Å². The summed E-state index contributed by atoms with van der Waals surface area (Å²) in [6, 6.07) is 21.4. The fourth-order valence-electron chi connectivity index (χ4n) is 4.09. The monoisotopic (exact) mass is 369 g/mol. The number of nitrogens with one attached hydrogen (secondary N) is 1. The smallest absolute Gasteiger partial charge is 0.0562 e. The third-order valence-electron chi connectivity index (χ3n) is 5.48. The number of rotatable bonds is 6. The summed E-state index contributed by atoms with van der Waals surface area (Å²) >= 11 is 0. The van der Waals surface area contributed by atoms with Gasteiger partial charge in [0, 0.05) is 47.0 Å². The van der Waals surface area contributed by atoms with Crippen molar-refractivity contribution in [3.8, 4) is 0 Å². The van der Waals surface area contributed by atoms with Crippen molar-refractivity contribution in [3.05, 3.63) is 77.5 Å². The molecule has 1 aromatic heterocycles. The molecule has 3 heteroatoms. The molecule has 142 valence electrons. The maximum absolute atomic E-state index is 4.72. The number of aryl methyl sites for hydroxylation is 2. The first-order valence-corrected chi connectivity index (χ1v) is 10.0. The molecular weight excluding hydrogens is 342 g/mol. The third kappa shape index (κ3) is 3.29. The van der Waals surface area contributed by atoms with Crippen LogP contribution >= 0.6 is 0 Å². The van der Waals surface area contributed by atoms with Gasteiger partial charge in [-0.2, -0.15) is 0 Å². The number of fused-ring (bicyclic) bond motifs is 2. The molecule has 0 aliphatic heterocycles. The fourth-order valence-corrected chi connectivity index (χ4v) is 4.09. The molecule has 3 aromatic carbocycles. The Labute approximate surface area is 166 Å². The van der Waals surface area contributed by atoms with Crippen molar-refractivity contribution in [2.75, 3.05) is 18.4 Å². The summed E-state index contributed by atoms with van der Waals surface area (Å²) in [4.78, 5) is 4.72. The van der Waals surface area contributed by atoms with Crippen LogP contribution in [-0.2, 0) is 6.54 Å². The molecule has 0 unspecified atom stereocenters. The first-order chi connectivity index (χ1) is 13.7. The van der Waals surface area contributed by atoms with Gasteiger partial charge in [-0.25, -0.2) is 0 Å². The molecule has 0 amide bonds. The predicted molar refractivity (Wildman–Crippen MR) is 122 cm³/mol. The van der Waals surface area contributed by atoms with Crippen molar-refractivity contribution >= 4 is 33.6 Å². The Balaban J connectivity index is 1.50. The van der Waals surface area contributed by atoms with Crippen molar-refractivity contribution in [2.24, 2.45) is 4.99 Å². The van der Waals surface area contributed by atoms with Crippen LogP contribution in [0.25, 0.3) is 21.7 Å². The Hall–Kier alpha value is -3.07. The van der Waals surface area contributed by atoms with Crippen LogP contribution in [-0.4, -0.2) is 23.9 Å². The minimum atomic E-state index is 0.743. The number of nitrogens with zero attached hydrogens (tertiary/aromatic N) is 2. The highest BCUT2D eigenvalue weighted by Crippen LogP contribution is 2.27. The zero-order chi connectivity index (χ0) is 19.5. The molecule has 3 nitrogen and oxygen atoms in total. The standard InChI is InChI=1S/C25H27N3/c1-4-28-19(3)23(22-13-7-9-18(2)25(22)28)17-26-15-16-27-24-14-8-11-20-10-5-6-12-21(20)24/h5-14,17,27H,4,15-16H2,1-3H3. The van der Waals surface area contributed by atoms with Gasteiger partial charge in [0.2, 0.25) is 0 Å². The van der Waals surface area contributed by atoms with Crippen LogP contribution in [0.2, 0.25) is 0 Å². The van der Waals surface area contributed by atoms with Gasteiger partial charge in [-0.3, -0.25) is 4.99 Å². The van der Waals surface area contributed by atoms with Gasteiger partial charge >= 0.3 is 0 Å². The lowest BCUT2D eigenvalue weighted by molar-refractivity contribution is 0.767. The van der Waals surface area contributed by atoms with Crippen LogP contribution < -0.4 is 5.32 Å². The quantitative estimate of drug-likeness (QED) is 0.330. The largest absolute Gasteiger partial charge is 0.383 e. The summed E-state index contributed by atoms with van der Waals surface area (Å²) in [5, 5.41) is 7.34. The molecule has 0 aliphatic carbocycles. The van der Waals surface area contributed by atoms with E-state index < -0.39 is 0 Å². The van der Waals surface area contributed by atoms with E-state index >= 15 is 0 Å². The lowest BCUT2D eigenvalue weighted by Crippen LogP contribution is -2.05. The number of hydrogen-bond donors (Lipinski definition) is 1.